The minimum atomic E-state index is -1.52. The molecule has 0 saturated heterocycles. The maximum atomic E-state index is 12.6. The van der Waals surface area contributed by atoms with Crippen molar-refractivity contribution in [3.05, 3.63) is 58.7 Å². The molecule has 0 spiro atoms. The second kappa shape index (κ2) is 6.32. The van der Waals surface area contributed by atoms with E-state index < -0.39 is 41.7 Å². The van der Waals surface area contributed by atoms with Gasteiger partial charge in [-0.3, -0.25) is 14.4 Å². The Bertz CT molecular complexity index is 964. The Balaban J connectivity index is 2.04. The third-order valence-electron chi connectivity index (χ3n) is 4.05. The highest BCUT2D eigenvalue weighted by atomic mass is 16.4. The number of aromatic hydroxyl groups is 1. The van der Waals surface area contributed by atoms with Gasteiger partial charge in [0.15, 0.2) is 11.6 Å². The van der Waals surface area contributed by atoms with Crippen LogP contribution < -0.4 is 5.32 Å². The van der Waals surface area contributed by atoms with Crippen LogP contribution in [0.2, 0.25) is 0 Å². The van der Waals surface area contributed by atoms with Gasteiger partial charge in [-0.05, 0) is 12.1 Å². The van der Waals surface area contributed by atoms with Crippen LogP contribution in [0.1, 0.15) is 38.3 Å². The van der Waals surface area contributed by atoms with E-state index in [1.54, 1.807) is 12.1 Å². The molecule has 132 valence electrons. The first kappa shape index (κ1) is 17.2. The van der Waals surface area contributed by atoms with Crippen LogP contribution in [-0.2, 0) is 9.59 Å². The number of ketones is 2. The molecule has 8 heteroatoms. The number of aliphatic carboxylic acids is 2. The molecule has 8 nitrogen and oxygen atoms in total. The van der Waals surface area contributed by atoms with Crippen LogP contribution >= 0.6 is 0 Å². The number of rotatable bonds is 5. The molecule has 2 aromatic rings. The van der Waals surface area contributed by atoms with Gasteiger partial charge in [-0.25, -0.2) is 4.79 Å². The quantitative estimate of drug-likeness (QED) is 0.505. The van der Waals surface area contributed by atoms with Crippen LogP contribution in [0.3, 0.4) is 0 Å². The summed E-state index contributed by atoms with van der Waals surface area (Å²) in [6.07, 6.45) is -0.735. The molecule has 0 radical (unpaired) electrons. The second-order valence-corrected chi connectivity index (χ2v) is 5.75. The average molecular weight is 355 g/mol. The van der Waals surface area contributed by atoms with Crippen molar-refractivity contribution in [3.63, 3.8) is 0 Å². The van der Waals surface area contributed by atoms with Crippen molar-refractivity contribution in [2.75, 3.05) is 5.32 Å². The van der Waals surface area contributed by atoms with Crippen molar-refractivity contribution in [2.24, 2.45) is 0 Å². The summed E-state index contributed by atoms with van der Waals surface area (Å²) in [5, 5.41) is 30.4. The summed E-state index contributed by atoms with van der Waals surface area (Å²) in [7, 11) is 0. The highest BCUT2D eigenvalue weighted by Crippen LogP contribution is 2.34. The van der Waals surface area contributed by atoms with Crippen molar-refractivity contribution >= 4 is 29.2 Å². The summed E-state index contributed by atoms with van der Waals surface area (Å²) in [6, 6.07) is 6.97. The minimum Gasteiger partial charge on any atom is -0.506 e. The standard InChI is InChI=1S/C18H13NO7/c20-14-6-11-10(5-12(14)19-13(18(25)26)7-15(21)22)16(23)8-3-1-2-4-9(8)17(11)24/h1-6,13,19-20H,7H2,(H,21,22)(H,25,26). The zero-order valence-corrected chi connectivity index (χ0v) is 13.2. The zero-order chi connectivity index (χ0) is 19.0. The molecule has 0 saturated carbocycles. The molecule has 0 heterocycles. The Morgan fingerprint density at radius 2 is 1.46 bits per heavy atom. The lowest BCUT2D eigenvalue weighted by Crippen LogP contribution is -2.32. The Labute approximate surface area is 146 Å². The fourth-order valence-electron chi connectivity index (χ4n) is 2.81. The van der Waals surface area contributed by atoms with E-state index in [1.807, 2.05) is 0 Å². The molecule has 1 aliphatic carbocycles. The number of phenols is 1. The molecule has 0 amide bonds. The number of phenolic OH excluding ortho intramolecular Hbond substituents is 1. The third-order valence-corrected chi connectivity index (χ3v) is 4.05. The Kier molecular flexibility index (Phi) is 4.17. The van der Waals surface area contributed by atoms with Crippen molar-refractivity contribution in [2.45, 2.75) is 12.5 Å². The minimum absolute atomic E-state index is 0.00172. The van der Waals surface area contributed by atoms with E-state index in [0.29, 0.717) is 0 Å². The first-order chi connectivity index (χ1) is 12.3. The third kappa shape index (κ3) is 2.88. The first-order valence-electron chi connectivity index (χ1n) is 7.56. The van der Waals surface area contributed by atoms with Gasteiger partial charge in [-0.2, -0.15) is 0 Å². The molecule has 0 bridgehead atoms. The Morgan fingerprint density at radius 1 is 0.923 bits per heavy atom. The van der Waals surface area contributed by atoms with Gasteiger partial charge in [0.1, 0.15) is 11.8 Å². The maximum absolute atomic E-state index is 12.6. The van der Waals surface area contributed by atoms with E-state index in [9.17, 15) is 24.3 Å². The van der Waals surface area contributed by atoms with E-state index in [-0.39, 0.29) is 27.9 Å². The molecule has 1 unspecified atom stereocenters. The van der Waals surface area contributed by atoms with E-state index >= 15 is 0 Å². The second-order valence-electron chi connectivity index (χ2n) is 5.75. The predicted octanol–water partition coefficient (Wildman–Crippen LogP) is 1.51. The fourth-order valence-corrected chi connectivity index (χ4v) is 2.81. The molecule has 0 aliphatic heterocycles. The largest absolute Gasteiger partial charge is 0.506 e. The predicted molar refractivity (Wildman–Crippen MR) is 88.7 cm³/mol. The van der Waals surface area contributed by atoms with Crippen LogP contribution in [0.5, 0.6) is 5.75 Å². The molecular weight excluding hydrogens is 342 g/mol. The fraction of sp³-hybridized carbons (Fsp3) is 0.111. The number of nitrogens with one attached hydrogen (secondary N) is 1. The number of benzene rings is 2. The molecule has 1 aliphatic rings. The summed E-state index contributed by atoms with van der Waals surface area (Å²) >= 11 is 0. The van der Waals surface area contributed by atoms with Crippen molar-refractivity contribution in [1.82, 2.24) is 0 Å². The molecule has 3 rings (SSSR count). The molecule has 4 N–H and O–H groups in total. The SMILES string of the molecule is O=C(O)CC(Nc1cc2c(cc1O)C(=O)c1ccccc1C2=O)C(=O)O. The van der Waals surface area contributed by atoms with Crippen LogP contribution in [0.4, 0.5) is 5.69 Å². The monoisotopic (exact) mass is 355 g/mol. The molecule has 2 aromatic carbocycles. The zero-order valence-electron chi connectivity index (χ0n) is 13.2. The number of carboxylic acids is 2. The molecule has 0 fully saturated rings. The summed E-state index contributed by atoms with van der Waals surface area (Å²) in [6.45, 7) is 0. The van der Waals surface area contributed by atoms with Gasteiger partial charge in [0.05, 0.1) is 12.1 Å². The first-order valence-corrected chi connectivity index (χ1v) is 7.56. The van der Waals surface area contributed by atoms with Crippen LogP contribution in [-0.4, -0.2) is 44.9 Å². The lowest BCUT2D eigenvalue weighted by molar-refractivity contribution is -0.144. The van der Waals surface area contributed by atoms with Gasteiger partial charge in [-0.1, -0.05) is 24.3 Å². The number of fused-ring (bicyclic) bond motifs is 2. The van der Waals surface area contributed by atoms with Gasteiger partial charge in [0.2, 0.25) is 0 Å². The number of anilines is 1. The van der Waals surface area contributed by atoms with E-state index in [4.69, 9.17) is 10.2 Å². The molecule has 0 aromatic heterocycles. The van der Waals surface area contributed by atoms with Crippen LogP contribution in [0.25, 0.3) is 0 Å². The van der Waals surface area contributed by atoms with Crippen molar-refractivity contribution < 1.29 is 34.5 Å². The topological polar surface area (TPSA) is 141 Å². The normalized spacial score (nSPS) is 13.5. The molecular formula is C18H13NO7. The lowest BCUT2D eigenvalue weighted by atomic mass is 9.83. The van der Waals surface area contributed by atoms with Crippen molar-refractivity contribution in [3.8, 4) is 5.75 Å². The summed E-state index contributed by atoms with van der Waals surface area (Å²) in [5.74, 6) is -4.11. The van der Waals surface area contributed by atoms with Gasteiger partial charge >= 0.3 is 11.9 Å². The number of carboxylic acid groups (broad SMARTS) is 2. The number of carbonyl (C=O) groups is 4. The summed E-state index contributed by atoms with van der Waals surface area (Å²) in [5.41, 5.74) is 0.301. The highest BCUT2D eigenvalue weighted by Gasteiger charge is 2.31. The maximum Gasteiger partial charge on any atom is 0.326 e. The van der Waals surface area contributed by atoms with Gasteiger partial charge in [-0.15, -0.1) is 0 Å². The molecule has 1 atom stereocenters. The smallest absolute Gasteiger partial charge is 0.326 e. The van der Waals surface area contributed by atoms with E-state index in [2.05, 4.69) is 5.32 Å². The Hall–Kier alpha value is -3.68. The van der Waals surface area contributed by atoms with E-state index in [1.165, 1.54) is 18.2 Å². The summed E-state index contributed by atoms with van der Waals surface area (Å²) < 4.78 is 0. The molecule has 26 heavy (non-hydrogen) atoms. The van der Waals surface area contributed by atoms with Gasteiger partial charge < -0.3 is 20.6 Å². The van der Waals surface area contributed by atoms with E-state index in [0.717, 1.165) is 6.07 Å². The van der Waals surface area contributed by atoms with Crippen LogP contribution in [0, 0.1) is 0 Å². The highest BCUT2D eigenvalue weighted by molar-refractivity contribution is 6.28. The summed E-state index contributed by atoms with van der Waals surface area (Å²) in [4.78, 5) is 47.2. The Morgan fingerprint density at radius 3 is 1.96 bits per heavy atom. The number of hydrogen-bond acceptors (Lipinski definition) is 6. The van der Waals surface area contributed by atoms with Gasteiger partial charge in [0, 0.05) is 22.3 Å². The lowest BCUT2D eigenvalue weighted by Gasteiger charge is -2.20. The average Bonchev–Trinajstić information content (AvgIpc) is 2.59. The van der Waals surface area contributed by atoms with Gasteiger partial charge in [0.25, 0.3) is 0 Å². The van der Waals surface area contributed by atoms with Crippen molar-refractivity contribution in [1.29, 1.82) is 0 Å². The van der Waals surface area contributed by atoms with Crippen LogP contribution in [0.15, 0.2) is 36.4 Å². The number of hydrogen-bond donors (Lipinski definition) is 4. The number of carbonyl (C=O) groups excluding carboxylic acids is 2.